The normalized spacial score (nSPS) is 12.7. The van der Waals surface area contributed by atoms with Crippen molar-refractivity contribution in [3.05, 3.63) is 247 Å². The average molecular weight is 728 g/mol. The minimum Gasteiger partial charge on any atom is -0.456 e. The zero-order valence-corrected chi connectivity index (χ0v) is 31.2. The number of fused-ring (bicyclic) bond motifs is 6. The summed E-state index contributed by atoms with van der Waals surface area (Å²) in [6, 6.07) is 81.0. The maximum Gasteiger partial charge on any atom is 0.135 e. The predicted octanol–water partition coefficient (Wildman–Crippen LogP) is 14.8. The van der Waals surface area contributed by atoms with E-state index in [9.17, 15) is 0 Å². The highest BCUT2D eigenvalue weighted by Gasteiger charge is 2.47. The van der Waals surface area contributed by atoms with Gasteiger partial charge in [-0.3, -0.25) is 0 Å². The smallest absolute Gasteiger partial charge is 0.135 e. The molecule has 0 aliphatic heterocycles. The summed E-state index contributed by atoms with van der Waals surface area (Å²) in [5.41, 5.74) is 16.8. The number of para-hydroxylation sites is 1. The first kappa shape index (κ1) is 33.0. The summed E-state index contributed by atoms with van der Waals surface area (Å²) in [5, 5.41) is 2.25. The van der Waals surface area contributed by atoms with Gasteiger partial charge in [-0.05, 0) is 110 Å². The molecule has 57 heavy (non-hydrogen) atoms. The van der Waals surface area contributed by atoms with Gasteiger partial charge in [0.2, 0.25) is 0 Å². The third-order valence-electron chi connectivity index (χ3n) is 11.7. The van der Waals surface area contributed by atoms with E-state index in [2.05, 4.69) is 229 Å². The molecule has 0 unspecified atom stereocenters. The standard InChI is InChI=1S/C55H37NO/c1-4-16-38(17-5-1)39-30-33-44(34-31-39)56(43-21-8-3-9-22-43)45-23-14-18-40(36-45)41-32-35-52-48(37-41)54-51(28-15-29-53(54)57-52)55(42-19-6-2-7-20-42)49-26-12-10-24-46(49)47-25-11-13-27-50(47)55/h1-37H. The molecule has 0 spiro atoms. The van der Waals surface area contributed by atoms with Crippen LogP contribution >= 0.6 is 0 Å². The second kappa shape index (κ2) is 13.4. The molecule has 0 amide bonds. The Morgan fingerprint density at radius 1 is 0.333 bits per heavy atom. The number of benzene rings is 9. The summed E-state index contributed by atoms with van der Waals surface area (Å²) in [6.45, 7) is 0. The van der Waals surface area contributed by atoms with Crippen LogP contribution in [-0.2, 0) is 5.41 Å². The van der Waals surface area contributed by atoms with Gasteiger partial charge in [-0.15, -0.1) is 0 Å². The molecule has 1 aliphatic rings. The van der Waals surface area contributed by atoms with Gasteiger partial charge in [-0.2, -0.15) is 0 Å². The Kier molecular flexibility index (Phi) is 7.75. The van der Waals surface area contributed by atoms with E-state index in [1.165, 1.54) is 44.5 Å². The first-order valence-corrected chi connectivity index (χ1v) is 19.6. The minimum atomic E-state index is -0.535. The van der Waals surface area contributed by atoms with Crippen molar-refractivity contribution >= 4 is 39.0 Å². The Morgan fingerprint density at radius 3 is 1.56 bits per heavy atom. The lowest BCUT2D eigenvalue weighted by atomic mass is 9.66. The molecule has 1 heterocycles. The Morgan fingerprint density at radius 2 is 0.842 bits per heavy atom. The van der Waals surface area contributed by atoms with Crippen LogP contribution in [-0.4, -0.2) is 0 Å². The van der Waals surface area contributed by atoms with E-state index in [-0.39, 0.29) is 0 Å². The van der Waals surface area contributed by atoms with Crippen molar-refractivity contribution in [1.82, 2.24) is 0 Å². The van der Waals surface area contributed by atoms with Crippen molar-refractivity contribution in [3.8, 4) is 33.4 Å². The van der Waals surface area contributed by atoms with Crippen molar-refractivity contribution in [2.24, 2.45) is 0 Å². The fourth-order valence-electron chi connectivity index (χ4n) is 9.28. The van der Waals surface area contributed by atoms with Gasteiger partial charge < -0.3 is 9.32 Å². The quantitative estimate of drug-likeness (QED) is 0.163. The Labute approximate surface area is 332 Å². The SMILES string of the molecule is c1ccc(-c2ccc(N(c3ccccc3)c3cccc(-c4ccc5oc6cccc(C7(c8ccccc8)c8ccccc8-c8ccccc87)c6c5c4)c3)cc2)cc1. The van der Waals surface area contributed by atoms with Crippen LogP contribution in [0.25, 0.3) is 55.3 Å². The minimum absolute atomic E-state index is 0.535. The molecule has 0 N–H and O–H groups in total. The van der Waals surface area contributed by atoms with Gasteiger partial charge >= 0.3 is 0 Å². The summed E-state index contributed by atoms with van der Waals surface area (Å²) in [5.74, 6) is 0. The number of hydrogen-bond donors (Lipinski definition) is 0. The zero-order valence-electron chi connectivity index (χ0n) is 31.2. The van der Waals surface area contributed by atoms with Crippen LogP contribution in [0.1, 0.15) is 22.3 Å². The van der Waals surface area contributed by atoms with Crippen LogP contribution in [0.5, 0.6) is 0 Å². The monoisotopic (exact) mass is 727 g/mol. The fraction of sp³-hybridized carbons (Fsp3) is 0.0182. The molecule has 0 saturated heterocycles. The van der Waals surface area contributed by atoms with Crippen molar-refractivity contribution in [3.63, 3.8) is 0 Å². The van der Waals surface area contributed by atoms with Crippen LogP contribution < -0.4 is 4.90 Å². The molecule has 11 rings (SSSR count). The first-order valence-electron chi connectivity index (χ1n) is 19.6. The van der Waals surface area contributed by atoms with Gasteiger partial charge in [0.1, 0.15) is 11.2 Å². The summed E-state index contributed by atoms with van der Waals surface area (Å²) in [6.07, 6.45) is 0. The number of hydrogen-bond acceptors (Lipinski definition) is 2. The predicted molar refractivity (Wildman–Crippen MR) is 237 cm³/mol. The molecule has 1 aromatic heterocycles. The van der Waals surface area contributed by atoms with E-state index in [1.807, 2.05) is 0 Å². The number of rotatable bonds is 7. The summed E-state index contributed by atoms with van der Waals surface area (Å²) in [4.78, 5) is 2.33. The molecule has 0 fully saturated rings. The van der Waals surface area contributed by atoms with E-state index >= 15 is 0 Å². The van der Waals surface area contributed by atoms with Crippen LogP contribution in [0.4, 0.5) is 17.1 Å². The molecule has 0 saturated carbocycles. The Bertz CT molecular complexity index is 3010. The molecular weight excluding hydrogens is 691 g/mol. The van der Waals surface area contributed by atoms with Crippen molar-refractivity contribution < 1.29 is 4.42 Å². The van der Waals surface area contributed by atoms with E-state index in [0.29, 0.717) is 0 Å². The van der Waals surface area contributed by atoms with Gasteiger partial charge in [0.15, 0.2) is 0 Å². The zero-order chi connectivity index (χ0) is 37.8. The number of anilines is 3. The highest BCUT2D eigenvalue weighted by atomic mass is 16.3. The van der Waals surface area contributed by atoms with E-state index in [4.69, 9.17) is 4.42 Å². The maximum atomic E-state index is 6.71. The molecule has 9 aromatic carbocycles. The maximum absolute atomic E-state index is 6.71. The first-order chi connectivity index (χ1) is 28.3. The Hall–Kier alpha value is -7.42. The van der Waals surface area contributed by atoms with E-state index < -0.39 is 5.41 Å². The fourth-order valence-corrected chi connectivity index (χ4v) is 9.28. The summed E-state index contributed by atoms with van der Waals surface area (Å²) in [7, 11) is 0. The molecule has 2 heteroatoms. The number of furan rings is 1. The number of nitrogens with zero attached hydrogens (tertiary/aromatic N) is 1. The van der Waals surface area contributed by atoms with Crippen LogP contribution in [0.2, 0.25) is 0 Å². The van der Waals surface area contributed by atoms with Crippen LogP contribution in [0.3, 0.4) is 0 Å². The second-order valence-corrected chi connectivity index (χ2v) is 14.8. The lowest BCUT2D eigenvalue weighted by Crippen LogP contribution is -2.28. The van der Waals surface area contributed by atoms with Crippen molar-refractivity contribution in [2.45, 2.75) is 5.41 Å². The van der Waals surface area contributed by atoms with E-state index in [0.717, 1.165) is 50.1 Å². The summed E-state index contributed by atoms with van der Waals surface area (Å²) >= 11 is 0. The van der Waals surface area contributed by atoms with Gasteiger partial charge in [0, 0.05) is 27.8 Å². The molecule has 2 nitrogen and oxygen atoms in total. The Balaban J connectivity index is 1.08. The molecule has 0 bridgehead atoms. The molecule has 10 aromatic rings. The van der Waals surface area contributed by atoms with Gasteiger partial charge in [0.25, 0.3) is 0 Å². The third kappa shape index (κ3) is 5.26. The molecular formula is C55H37NO. The van der Waals surface area contributed by atoms with Gasteiger partial charge in [-0.25, -0.2) is 0 Å². The van der Waals surface area contributed by atoms with Crippen molar-refractivity contribution in [2.75, 3.05) is 4.90 Å². The molecule has 0 atom stereocenters. The molecule has 1 aliphatic carbocycles. The van der Waals surface area contributed by atoms with E-state index in [1.54, 1.807) is 0 Å². The highest BCUT2D eigenvalue weighted by molar-refractivity contribution is 6.10. The third-order valence-corrected chi connectivity index (χ3v) is 11.7. The summed E-state index contributed by atoms with van der Waals surface area (Å²) < 4.78 is 6.71. The average Bonchev–Trinajstić information content (AvgIpc) is 3.82. The van der Waals surface area contributed by atoms with Gasteiger partial charge in [-0.1, -0.05) is 170 Å². The second-order valence-electron chi connectivity index (χ2n) is 14.8. The van der Waals surface area contributed by atoms with Crippen LogP contribution in [0, 0.1) is 0 Å². The van der Waals surface area contributed by atoms with Gasteiger partial charge in [0.05, 0.1) is 5.41 Å². The lowest BCUT2D eigenvalue weighted by Gasteiger charge is -2.34. The topological polar surface area (TPSA) is 16.4 Å². The molecule has 268 valence electrons. The highest BCUT2D eigenvalue weighted by Crippen LogP contribution is 2.58. The lowest BCUT2D eigenvalue weighted by molar-refractivity contribution is 0.667. The van der Waals surface area contributed by atoms with Crippen LogP contribution in [0.15, 0.2) is 229 Å². The largest absolute Gasteiger partial charge is 0.456 e. The molecule has 0 radical (unpaired) electrons. The van der Waals surface area contributed by atoms with Crippen molar-refractivity contribution in [1.29, 1.82) is 0 Å².